The Kier molecular flexibility index (Phi) is 3.42. The Labute approximate surface area is 113 Å². The maximum atomic E-state index is 10.9. The zero-order chi connectivity index (χ0) is 13.2. The van der Waals surface area contributed by atoms with Gasteiger partial charge in [-0.15, -0.1) is 0 Å². The van der Waals surface area contributed by atoms with E-state index in [9.17, 15) is 4.79 Å². The van der Waals surface area contributed by atoms with Gasteiger partial charge in [0.05, 0.1) is 13.0 Å². The number of carbonyl (C=O) groups is 1. The Morgan fingerprint density at radius 3 is 3.11 bits per heavy atom. The van der Waals surface area contributed by atoms with Crippen molar-refractivity contribution < 1.29 is 14.6 Å². The van der Waals surface area contributed by atoms with E-state index in [0.717, 1.165) is 38.3 Å². The molecule has 0 amide bonds. The summed E-state index contributed by atoms with van der Waals surface area (Å²) in [5.74, 6) is 0.673. The van der Waals surface area contributed by atoms with E-state index in [4.69, 9.17) is 9.84 Å². The maximum absolute atomic E-state index is 10.9. The Morgan fingerprint density at radius 1 is 1.42 bits per heavy atom. The standard InChI is InChI=1S/C15H19NO3/c17-15(18)8-12-4-3-7-16(12)9-11-10-19-14-6-2-1-5-13(11)14/h1-2,5-6,11-12H,3-4,7-10H2,(H,17,18). The number of likely N-dealkylation sites (tertiary alicyclic amines) is 1. The van der Waals surface area contributed by atoms with Crippen molar-refractivity contribution in [1.29, 1.82) is 0 Å². The van der Waals surface area contributed by atoms with E-state index >= 15 is 0 Å². The minimum atomic E-state index is -0.694. The topological polar surface area (TPSA) is 49.8 Å². The molecule has 19 heavy (non-hydrogen) atoms. The molecular formula is C15H19NO3. The number of fused-ring (bicyclic) bond motifs is 1. The van der Waals surface area contributed by atoms with Crippen LogP contribution >= 0.6 is 0 Å². The van der Waals surface area contributed by atoms with Crippen molar-refractivity contribution in [2.75, 3.05) is 19.7 Å². The smallest absolute Gasteiger partial charge is 0.304 e. The number of rotatable bonds is 4. The molecule has 2 aliphatic rings. The van der Waals surface area contributed by atoms with Crippen LogP contribution < -0.4 is 4.74 Å². The van der Waals surface area contributed by atoms with Crippen molar-refractivity contribution in [3.8, 4) is 5.75 Å². The summed E-state index contributed by atoms with van der Waals surface area (Å²) in [5.41, 5.74) is 1.27. The van der Waals surface area contributed by atoms with Crippen LogP contribution in [0.1, 0.15) is 30.7 Å². The normalized spacial score (nSPS) is 26.1. The molecule has 0 radical (unpaired) electrons. The predicted molar refractivity (Wildman–Crippen MR) is 71.5 cm³/mol. The highest BCUT2D eigenvalue weighted by molar-refractivity contribution is 5.67. The summed E-state index contributed by atoms with van der Waals surface area (Å²) < 4.78 is 5.69. The first-order valence-electron chi connectivity index (χ1n) is 6.91. The van der Waals surface area contributed by atoms with Crippen molar-refractivity contribution in [2.45, 2.75) is 31.2 Å². The number of ether oxygens (including phenoxy) is 1. The summed E-state index contributed by atoms with van der Waals surface area (Å²) in [7, 11) is 0. The highest BCUT2D eigenvalue weighted by atomic mass is 16.5. The summed E-state index contributed by atoms with van der Waals surface area (Å²) >= 11 is 0. The van der Waals surface area contributed by atoms with Gasteiger partial charge in [-0.2, -0.15) is 0 Å². The highest BCUT2D eigenvalue weighted by Gasteiger charge is 2.32. The molecule has 1 aromatic carbocycles. The maximum Gasteiger partial charge on any atom is 0.304 e. The Bertz CT molecular complexity index is 474. The third-order valence-corrected chi connectivity index (χ3v) is 4.16. The van der Waals surface area contributed by atoms with Crippen molar-refractivity contribution in [3.05, 3.63) is 29.8 Å². The lowest BCUT2D eigenvalue weighted by molar-refractivity contribution is -0.138. The summed E-state index contributed by atoms with van der Waals surface area (Å²) in [6.45, 7) is 2.64. The number of hydrogen-bond acceptors (Lipinski definition) is 3. The van der Waals surface area contributed by atoms with Crippen LogP contribution in [0.2, 0.25) is 0 Å². The molecule has 1 fully saturated rings. The second kappa shape index (κ2) is 5.21. The van der Waals surface area contributed by atoms with Crippen molar-refractivity contribution in [2.24, 2.45) is 0 Å². The van der Waals surface area contributed by atoms with E-state index < -0.39 is 5.97 Å². The van der Waals surface area contributed by atoms with Crippen LogP contribution in [0.3, 0.4) is 0 Å². The zero-order valence-electron chi connectivity index (χ0n) is 10.9. The molecule has 1 N–H and O–H groups in total. The van der Waals surface area contributed by atoms with E-state index in [2.05, 4.69) is 11.0 Å². The molecule has 2 heterocycles. The fourth-order valence-electron chi connectivity index (χ4n) is 3.23. The zero-order valence-corrected chi connectivity index (χ0v) is 10.9. The second-order valence-electron chi connectivity index (χ2n) is 5.43. The first-order chi connectivity index (χ1) is 9.24. The molecule has 4 heteroatoms. The van der Waals surface area contributed by atoms with Crippen LogP contribution in [0.5, 0.6) is 5.75 Å². The van der Waals surface area contributed by atoms with Crippen LogP contribution in [0, 0.1) is 0 Å². The molecule has 2 atom stereocenters. The molecule has 2 unspecified atom stereocenters. The van der Waals surface area contributed by atoms with Crippen molar-refractivity contribution in [3.63, 3.8) is 0 Å². The van der Waals surface area contributed by atoms with Gasteiger partial charge in [0.15, 0.2) is 0 Å². The molecule has 102 valence electrons. The van der Waals surface area contributed by atoms with Gasteiger partial charge in [-0.3, -0.25) is 9.69 Å². The summed E-state index contributed by atoms with van der Waals surface area (Å²) in [4.78, 5) is 13.2. The average Bonchev–Trinajstić information content (AvgIpc) is 2.98. The Hall–Kier alpha value is -1.55. The first-order valence-corrected chi connectivity index (χ1v) is 6.91. The molecule has 4 nitrogen and oxygen atoms in total. The van der Waals surface area contributed by atoms with Crippen molar-refractivity contribution >= 4 is 5.97 Å². The van der Waals surface area contributed by atoms with Crippen LogP contribution in [0.25, 0.3) is 0 Å². The van der Waals surface area contributed by atoms with Gasteiger partial charge < -0.3 is 9.84 Å². The lowest BCUT2D eigenvalue weighted by atomic mass is 10.00. The monoisotopic (exact) mass is 261 g/mol. The minimum Gasteiger partial charge on any atom is -0.493 e. The number of hydrogen-bond donors (Lipinski definition) is 1. The molecule has 0 bridgehead atoms. The molecule has 0 spiro atoms. The largest absolute Gasteiger partial charge is 0.493 e. The molecular weight excluding hydrogens is 242 g/mol. The lowest BCUT2D eigenvalue weighted by Gasteiger charge is -2.25. The van der Waals surface area contributed by atoms with Gasteiger partial charge in [0.2, 0.25) is 0 Å². The highest BCUT2D eigenvalue weighted by Crippen LogP contribution is 2.35. The molecule has 0 aromatic heterocycles. The number of carboxylic acid groups (broad SMARTS) is 1. The fraction of sp³-hybridized carbons (Fsp3) is 0.533. The Morgan fingerprint density at radius 2 is 2.26 bits per heavy atom. The van der Waals surface area contributed by atoms with Gasteiger partial charge in [-0.1, -0.05) is 18.2 Å². The van der Waals surface area contributed by atoms with E-state index in [1.807, 2.05) is 18.2 Å². The van der Waals surface area contributed by atoms with Crippen molar-refractivity contribution in [1.82, 2.24) is 4.90 Å². The Balaban J connectivity index is 1.67. The molecule has 1 saturated heterocycles. The molecule has 1 aromatic rings. The van der Waals surface area contributed by atoms with Crippen LogP contribution in [-0.4, -0.2) is 41.7 Å². The van der Waals surface area contributed by atoms with Crippen LogP contribution in [0.4, 0.5) is 0 Å². The van der Waals surface area contributed by atoms with E-state index in [0.29, 0.717) is 5.92 Å². The number of benzene rings is 1. The molecule has 3 rings (SSSR count). The predicted octanol–water partition coefficient (Wildman–Crippen LogP) is 2.10. The number of nitrogens with zero attached hydrogens (tertiary/aromatic N) is 1. The summed E-state index contributed by atoms with van der Waals surface area (Å²) in [6.07, 6.45) is 2.36. The quantitative estimate of drug-likeness (QED) is 0.901. The summed E-state index contributed by atoms with van der Waals surface area (Å²) in [6, 6.07) is 8.36. The number of carboxylic acids is 1. The summed E-state index contributed by atoms with van der Waals surface area (Å²) in [5, 5.41) is 8.96. The van der Waals surface area contributed by atoms with Gasteiger partial charge >= 0.3 is 5.97 Å². The average molecular weight is 261 g/mol. The van der Waals surface area contributed by atoms with Gasteiger partial charge in [0.25, 0.3) is 0 Å². The van der Waals surface area contributed by atoms with Gasteiger partial charge in [-0.25, -0.2) is 0 Å². The van der Waals surface area contributed by atoms with Gasteiger partial charge in [-0.05, 0) is 25.5 Å². The van der Waals surface area contributed by atoms with Gasteiger partial charge in [0, 0.05) is 24.1 Å². The number of aliphatic carboxylic acids is 1. The van der Waals surface area contributed by atoms with Crippen LogP contribution in [0.15, 0.2) is 24.3 Å². The third kappa shape index (κ3) is 2.59. The SMILES string of the molecule is O=C(O)CC1CCCN1CC1COc2ccccc21. The minimum absolute atomic E-state index is 0.199. The van der Waals surface area contributed by atoms with Gasteiger partial charge in [0.1, 0.15) is 5.75 Å². The third-order valence-electron chi connectivity index (χ3n) is 4.16. The molecule has 0 saturated carbocycles. The molecule has 0 aliphatic carbocycles. The first kappa shape index (κ1) is 12.5. The van der Waals surface area contributed by atoms with E-state index in [-0.39, 0.29) is 12.5 Å². The van der Waals surface area contributed by atoms with E-state index in [1.54, 1.807) is 0 Å². The lowest BCUT2D eigenvalue weighted by Crippen LogP contribution is -2.35. The number of para-hydroxylation sites is 1. The fourth-order valence-corrected chi connectivity index (χ4v) is 3.23. The van der Waals surface area contributed by atoms with E-state index in [1.165, 1.54) is 5.56 Å². The molecule has 2 aliphatic heterocycles. The van der Waals surface area contributed by atoms with Crippen LogP contribution in [-0.2, 0) is 4.79 Å². The second-order valence-corrected chi connectivity index (χ2v) is 5.43.